The van der Waals surface area contributed by atoms with E-state index in [-0.39, 0.29) is 10.8 Å². The van der Waals surface area contributed by atoms with Crippen LogP contribution in [0.5, 0.6) is 0 Å². The van der Waals surface area contributed by atoms with Gasteiger partial charge in [-0.15, -0.1) is 0 Å². The van der Waals surface area contributed by atoms with E-state index in [0.717, 1.165) is 0 Å². The van der Waals surface area contributed by atoms with Crippen LogP contribution in [0.3, 0.4) is 0 Å². The number of pyridine rings is 1. The first kappa shape index (κ1) is 16.9. The van der Waals surface area contributed by atoms with Crippen LogP contribution in [0.1, 0.15) is 12.8 Å². The predicted molar refractivity (Wildman–Crippen MR) is 91.2 cm³/mol. The monoisotopic (exact) mass is 365 g/mol. The highest BCUT2D eigenvalue weighted by Gasteiger charge is 2.39. The number of nitrogens with one attached hydrogen (secondary N) is 1. The van der Waals surface area contributed by atoms with Gasteiger partial charge in [-0.3, -0.25) is 9.78 Å². The molecular formula is C16H16ClN3O3S. The fourth-order valence-corrected chi connectivity index (χ4v) is 4.48. The van der Waals surface area contributed by atoms with E-state index in [1.807, 2.05) is 0 Å². The van der Waals surface area contributed by atoms with Gasteiger partial charge in [0, 0.05) is 29.6 Å². The second-order valence-corrected chi connectivity index (χ2v) is 7.78. The fourth-order valence-electron chi connectivity index (χ4n) is 2.69. The lowest BCUT2D eigenvalue weighted by Crippen LogP contribution is -2.43. The second-order valence-electron chi connectivity index (χ2n) is 5.45. The van der Waals surface area contributed by atoms with Gasteiger partial charge in [-0.1, -0.05) is 11.6 Å². The predicted octanol–water partition coefficient (Wildman–Crippen LogP) is 2.53. The molecule has 2 aromatic rings. The van der Waals surface area contributed by atoms with Crippen molar-refractivity contribution >= 4 is 33.2 Å². The van der Waals surface area contributed by atoms with Crippen molar-refractivity contribution in [3.8, 4) is 0 Å². The zero-order chi connectivity index (χ0) is 17.2. The van der Waals surface area contributed by atoms with Crippen molar-refractivity contribution in [2.75, 3.05) is 11.9 Å². The number of halogens is 1. The van der Waals surface area contributed by atoms with E-state index < -0.39 is 16.1 Å². The highest BCUT2D eigenvalue weighted by atomic mass is 35.5. The summed E-state index contributed by atoms with van der Waals surface area (Å²) in [7, 11) is -3.74. The third-order valence-corrected chi connectivity index (χ3v) is 6.05. The zero-order valence-electron chi connectivity index (χ0n) is 12.7. The summed E-state index contributed by atoms with van der Waals surface area (Å²) in [6.07, 6.45) is 4.25. The number of rotatable bonds is 4. The molecule has 1 fully saturated rings. The molecule has 1 aromatic heterocycles. The van der Waals surface area contributed by atoms with Gasteiger partial charge in [0.2, 0.25) is 15.9 Å². The standard InChI is InChI=1S/C16H16ClN3O3S/c17-12-3-5-14(6-4-12)24(22,23)20-11-1-2-15(20)16(21)19-13-7-9-18-10-8-13/h3-10,15H,1-2,11H2,(H,18,19,21)/t15-/m0/s1. The van der Waals surface area contributed by atoms with E-state index in [1.165, 1.54) is 28.6 Å². The van der Waals surface area contributed by atoms with Crippen LogP contribution in [0.2, 0.25) is 5.02 Å². The molecule has 2 heterocycles. The summed E-state index contributed by atoms with van der Waals surface area (Å²) in [6, 6.07) is 8.55. The minimum absolute atomic E-state index is 0.135. The third-order valence-electron chi connectivity index (χ3n) is 3.87. The van der Waals surface area contributed by atoms with Gasteiger partial charge in [-0.05, 0) is 49.2 Å². The van der Waals surface area contributed by atoms with Crippen molar-refractivity contribution in [2.45, 2.75) is 23.8 Å². The number of sulfonamides is 1. The Morgan fingerprint density at radius 2 is 1.83 bits per heavy atom. The Morgan fingerprint density at radius 3 is 2.50 bits per heavy atom. The van der Waals surface area contributed by atoms with Crippen LogP contribution in [0.4, 0.5) is 5.69 Å². The quantitative estimate of drug-likeness (QED) is 0.902. The number of aromatic nitrogens is 1. The minimum Gasteiger partial charge on any atom is -0.325 e. The van der Waals surface area contributed by atoms with Crippen LogP contribution in [0.15, 0.2) is 53.7 Å². The molecule has 1 aromatic carbocycles. The molecule has 1 aliphatic heterocycles. The summed E-state index contributed by atoms with van der Waals surface area (Å²) in [5.41, 5.74) is 0.589. The van der Waals surface area contributed by atoms with Gasteiger partial charge in [0.25, 0.3) is 0 Å². The lowest BCUT2D eigenvalue weighted by atomic mass is 10.2. The van der Waals surface area contributed by atoms with Crippen molar-refractivity contribution in [3.63, 3.8) is 0 Å². The Balaban J connectivity index is 1.82. The minimum atomic E-state index is -3.74. The SMILES string of the molecule is O=C(Nc1ccncc1)[C@@H]1CCCN1S(=O)(=O)c1ccc(Cl)cc1. The normalized spacial score (nSPS) is 18.5. The number of amides is 1. The molecular weight excluding hydrogens is 350 g/mol. The van der Waals surface area contributed by atoms with Crippen molar-refractivity contribution in [1.82, 2.24) is 9.29 Å². The summed E-state index contributed by atoms with van der Waals surface area (Å²) < 4.78 is 26.9. The van der Waals surface area contributed by atoms with E-state index >= 15 is 0 Å². The maximum atomic E-state index is 12.8. The average Bonchev–Trinajstić information content (AvgIpc) is 3.07. The van der Waals surface area contributed by atoms with Gasteiger partial charge in [0.15, 0.2) is 0 Å². The summed E-state index contributed by atoms with van der Waals surface area (Å²) in [5, 5.41) is 3.20. The molecule has 1 saturated heterocycles. The Morgan fingerprint density at radius 1 is 1.17 bits per heavy atom. The van der Waals surface area contributed by atoms with Gasteiger partial charge < -0.3 is 5.32 Å². The van der Waals surface area contributed by atoms with Crippen molar-refractivity contribution in [2.24, 2.45) is 0 Å². The molecule has 1 amide bonds. The van der Waals surface area contributed by atoms with Crippen molar-refractivity contribution in [3.05, 3.63) is 53.8 Å². The molecule has 0 unspecified atom stereocenters. The van der Waals surface area contributed by atoms with Crippen LogP contribution in [0, 0.1) is 0 Å². The van der Waals surface area contributed by atoms with Gasteiger partial charge in [0.1, 0.15) is 6.04 Å². The number of benzene rings is 1. The summed E-state index contributed by atoms with van der Waals surface area (Å²) in [6.45, 7) is 0.319. The number of hydrogen-bond donors (Lipinski definition) is 1. The molecule has 0 saturated carbocycles. The van der Waals surface area contributed by atoms with Crippen LogP contribution < -0.4 is 5.32 Å². The first-order valence-electron chi connectivity index (χ1n) is 7.47. The number of hydrogen-bond acceptors (Lipinski definition) is 4. The van der Waals surface area contributed by atoms with E-state index in [1.54, 1.807) is 24.5 Å². The maximum absolute atomic E-state index is 12.8. The highest BCUT2D eigenvalue weighted by Crippen LogP contribution is 2.27. The topological polar surface area (TPSA) is 79.4 Å². The molecule has 1 N–H and O–H groups in total. The number of nitrogens with zero attached hydrogens (tertiary/aromatic N) is 2. The first-order chi connectivity index (χ1) is 11.5. The molecule has 0 aliphatic carbocycles. The molecule has 3 rings (SSSR count). The first-order valence-corrected chi connectivity index (χ1v) is 9.28. The van der Waals surface area contributed by atoms with E-state index in [9.17, 15) is 13.2 Å². The number of carbonyl (C=O) groups is 1. The number of anilines is 1. The van der Waals surface area contributed by atoms with Crippen LogP contribution in [-0.2, 0) is 14.8 Å². The van der Waals surface area contributed by atoms with E-state index in [4.69, 9.17) is 11.6 Å². The molecule has 0 radical (unpaired) electrons. The lowest BCUT2D eigenvalue weighted by Gasteiger charge is -2.23. The van der Waals surface area contributed by atoms with Gasteiger partial charge in [0.05, 0.1) is 4.90 Å². The molecule has 0 spiro atoms. The van der Waals surface area contributed by atoms with Crippen LogP contribution in [0.25, 0.3) is 0 Å². The number of carbonyl (C=O) groups excluding carboxylic acids is 1. The van der Waals surface area contributed by atoms with Crippen LogP contribution in [-0.4, -0.2) is 36.2 Å². The molecule has 1 aliphatic rings. The lowest BCUT2D eigenvalue weighted by molar-refractivity contribution is -0.119. The van der Waals surface area contributed by atoms with Gasteiger partial charge >= 0.3 is 0 Å². The summed E-state index contributed by atoms with van der Waals surface area (Å²) in [4.78, 5) is 16.5. The average molecular weight is 366 g/mol. The molecule has 0 bridgehead atoms. The smallest absolute Gasteiger partial charge is 0.243 e. The van der Waals surface area contributed by atoms with Crippen molar-refractivity contribution < 1.29 is 13.2 Å². The summed E-state index contributed by atoms with van der Waals surface area (Å²) >= 11 is 5.81. The summed E-state index contributed by atoms with van der Waals surface area (Å²) in [5.74, 6) is -0.337. The van der Waals surface area contributed by atoms with E-state index in [0.29, 0.717) is 30.1 Å². The zero-order valence-corrected chi connectivity index (χ0v) is 14.3. The van der Waals surface area contributed by atoms with E-state index in [2.05, 4.69) is 10.3 Å². The molecule has 24 heavy (non-hydrogen) atoms. The van der Waals surface area contributed by atoms with Crippen LogP contribution >= 0.6 is 11.6 Å². The highest BCUT2D eigenvalue weighted by molar-refractivity contribution is 7.89. The van der Waals surface area contributed by atoms with Crippen molar-refractivity contribution in [1.29, 1.82) is 0 Å². The maximum Gasteiger partial charge on any atom is 0.243 e. The molecule has 126 valence electrons. The molecule has 6 nitrogen and oxygen atoms in total. The third kappa shape index (κ3) is 3.43. The Labute approximate surface area is 145 Å². The van der Waals surface area contributed by atoms with Gasteiger partial charge in [-0.25, -0.2) is 8.42 Å². The Hall–Kier alpha value is -1.96. The second kappa shape index (κ2) is 6.88. The molecule has 1 atom stereocenters. The Bertz CT molecular complexity index is 825. The Kier molecular flexibility index (Phi) is 4.84. The largest absolute Gasteiger partial charge is 0.325 e. The fraction of sp³-hybridized carbons (Fsp3) is 0.250. The van der Waals surface area contributed by atoms with Gasteiger partial charge in [-0.2, -0.15) is 4.31 Å². The molecule has 8 heteroatoms.